The average Bonchev–Trinajstić information content (AvgIpc) is 2.83. The third kappa shape index (κ3) is 3.00. The number of hydrogen-bond acceptors (Lipinski definition) is 3. The van der Waals surface area contributed by atoms with Crippen LogP contribution in [0.3, 0.4) is 0 Å². The molecule has 2 atom stereocenters. The Labute approximate surface area is 118 Å². The fraction of sp³-hybridized carbons (Fsp3) is 0.643. The lowest BCUT2D eigenvalue weighted by molar-refractivity contribution is -0.152. The van der Waals surface area contributed by atoms with Gasteiger partial charge in [-0.15, -0.1) is 0 Å². The molecule has 110 valence electrons. The molecule has 1 saturated carbocycles. The zero-order valence-corrected chi connectivity index (χ0v) is 12.0. The summed E-state index contributed by atoms with van der Waals surface area (Å²) in [7, 11) is 3.55. The first-order valence-electron chi connectivity index (χ1n) is 6.95. The van der Waals surface area contributed by atoms with Crippen LogP contribution >= 0.6 is 0 Å². The van der Waals surface area contributed by atoms with Gasteiger partial charge < -0.3 is 10.0 Å². The number of carboxylic acid groups (broad SMARTS) is 1. The molecule has 6 heteroatoms. The molecule has 1 aromatic heterocycles. The minimum Gasteiger partial charge on any atom is -0.481 e. The fourth-order valence-corrected chi connectivity index (χ4v) is 2.88. The second-order valence-corrected chi connectivity index (χ2v) is 5.48. The number of amides is 1. The molecule has 1 aliphatic carbocycles. The van der Waals surface area contributed by atoms with E-state index >= 15 is 0 Å². The van der Waals surface area contributed by atoms with Crippen molar-refractivity contribution in [2.75, 3.05) is 7.05 Å². The van der Waals surface area contributed by atoms with Crippen LogP contribution in [0.5, 0.6) is 0 Å². The quantitative estimate of drug-likeness (QED) is 0.900. The first kappa shape index (κ1) is 14.6. The van der Waals surface area contributed by atoms with Crippen molar-refractivity contribution in [1.29, 1.82) is 0 Å². The van der Waals surface area contributed by atoms with E-state index in [4.69, 9.17) is 0 Å². The Bertz CT molecular complexity index is 498. The van der Waals surface area contributed by atoms with Crippen LogP contribution in [0.25, 0.3) is 0 Å². The van der Waals surface area contributed by atoms with Crippen molar-refractivity contribution >= 4 is 11.9 Å². The number of carbonyl (C=O) groups is 2. The molecule has 0 saturated heterocycles. The maximum absolute atomic E-state index is 12.5. The van der Waals surface area contributed by atoms with Gasteiger partial charge in [-0.2, -0.15) is 5.10 Å². The second kappa shape index (κ2) is 6.07. The monoisotopic (exact) mass is 279 g/mol. The zero-order valence-electron chi connectivity index (χ0n) is 12.0. The normalized spacial score (nSPS) is 22.5. The lowest BCUT2D eigenvalue weighted by atomic mass is 9.78. The van der Waals surface area contributed by atoms with E-state index < -0.39 is 11.9 Å². The number of carboxylic acids is 1. The molecule has 1 fully saturated rings. The lowest BCUT2D eigenvalue weighted by Crippen LogP contribution is -2.40. The van der Waals surface area contributed by atoms with Crippen molar-refractivity contribution in [3.05, 3.63) is 18.0 Å². The van der Waals surface area contributed by atoms with Crippen LogP contribution in [0.15, 0.2) is 12.3 Å². The SMILES string of the molecule is CN(Cc1ccnn1C)C(=O)C1CCCCC1C(=O)O. The highest BCUT2D eigenvalue weighted by molar-refractivity contribution is 5.84. The fourth-order valence-electron chi connectivity index (χ4n) is 2.88. The number of aryl methyl sites for hydroxylation is 1. The van der Waals surface area contributed by atoms with Crippen molar-refractivity contribution in [1.82, 2.24) is 14.7 Å². The standard InChI is InChI=1S/C14H21N3O3/c1-16(9-10-7-8-15-17(10)2)13(18)11-5-3-4-6-12(11)14(19)20/h7-8,11-12H,3-6,9H2,1-2H3,(H,19,20). The van der Waals surface area contributed by atoms with Gasteiger partial charge in [-0.3, -0.25) is 14.3 Å². The molecule has 1 aliphatic rings. The molecular formula is C14H21N3O3. The van der Waals surface area contributed by atoms with Gasteiger partial charge >= 0.3 is 5.97 Å². The predicted molar refractivity (Wildman–Crippen MR) is 72.8 cm³/mol. The summed E-state index contributed by atoms with van der Waals surface area (Å²) < 4.78 is 1.72. The van der Waals surface area contributed by atoms with Gasteiger partial charge in [-0.1, -0.05) is 12.8 Å². The minimum atomic E-state index is -0.850. The Hall–Kier alpha value is -1.85. The van der Waals surface area contributed by atoms with Crippen LogP contribution < -0.4 is 0 Å². The Balaban J connectivity index is 2.05. The number of hydrogen-bond donors (Lipinski definition) is 1. The van der Waals surface area contributed by atoms with Crippen molar-refractivity contribution in [3.63, 3.8) is 0 Å². The molecule has 1 aromatic rings. The van der Waals surface area contributed by atoms with E-state index in [1.54, 1.807) is 22.8 Å². The first-order chi connectivity index (χ1) is 9.50. The molecule has 0 radical (unpaired) electrons. The molecule has 0 bridgehead atoms. The third-order valence-corrected chi connectivity index (χ3v) is 4.10. The van der Waals surface area contributed by atoms with Gasteiger partial charge in [0.05, 0.1) is 24.1 Å². The Kier molecular flexibility index (Phi) is 4.42. The number of nitrogens with zero attached hydrogens (tertiary/aromatic N) is 3. The Morgan fingerprint density at radius 1 is 1.40 bits per heavy atom. The van der Waals surface area contributed by atoms with Crippen LogP contribution in [0.1, 0.15) is 31.4 Å². The topological polar surface area (TPSA) is 75.4 Å². The van der Waals surface area contributed by atoms with E-state index in [1.807, 2.05) is 13.1 Å². The summed E-state index contributed by atoms with van der Waals surface area (Å²) in [6.07, 6.45) is 4.79. The molecule has 1 N–H and O–H groups in total. The van der Waals surface area contributed by atoms with Crippen molar-refractivity contribution in [2.24, 2.45) is 18.9 Å². The summed E-state index contributed by atoms with van der Waals surface area (Å²) in [4.78, 5) is 25.4. The van der Waals surface area contributed by atoms with E-state index in [1.165, 1.54) is 0 Å². The van der Waals surface area contributed by atoms with Crippen LogP contribution in [0.4, 0.5) is 0 Å². The maximum Gasteiger partial charge on any atom is 0.307 e. The molecule has 0 aromatic carbocycles. The largest absolute Gasteiger partial charge is 0.481 e. The summed E-state index contributed by atoms with van der Waals surface area (Å²) in [5, 5.41) is 13.3. The van der Waals surface area contributed by atoms with Gasteiger partial charge in [0.15, 0.2) is 0 Å². The summed E-state index contributed by atoms with van der Waals surface area (Å²) in [6.45, 7) is 0.457. The van der Waals surface area contributed by atoms with Gasteiger partial charge in [-0.25, -0.2) is 0 Å². The van der Waals surface area contributed by atoms with Crippen LogP contribution in [-0.4, -0.2) is 38.7 Å². The van der Waals surface area contributed by atoms with Crippen LogP contribution in [0.2, 0.25) is 0 Å². The molecule has 2 unspecified atom stereocenters. The Morgan fingerprint density at radius 2 is 2.05 bits per heavy atom. The molecular weight excluding hydrogens is 258 g/mol. The molecule has 20 heavy (non-hydrogen) atoms. The van der Waals surface area contributed by atoms with Crippen molar-refractivity contribution < 1.29 is 14.7 Å². The summed E-state index contributed by atoms with van der Waals surface area (Å²) in [5.41, 5.74) is 0.934. The van der Waals surface area contributed by atoms with E-state index in [9.17, 15) is 14.7 Å². The van der Waals surface area contributed by atoms with Gasteiger partial charge in [0.1, 0.15) is 0 Å². The van der Waals surface area contributed by atoms with Crippen molar-refractivity contribution in [2.45, 2.75) is 32.2 Å². The summed E-state index contributed by atoms with van der Waals surface area (Å²) >= 11 is 0. The van der Waals surface area contributed by atoms with Crippen molar-refractivity contribution in [3.8, 4) is 0 Å². The van der Waals surface area contributed by atoms with Crippen LogP contribution in [0, 0.1) is 11.8 Å². The smallest absolute Gasteiger partial charge is 0.307 e. The number of aromatic nitrogens is 2. The molecule has 1 heterocycles. The number of carbonyl (C=O) groups excluding carboxylic acids is 1. The van der Waals surface area contributed by atoms with Crippen LogP contribution in [-0.2, 0) is 23.2 Å². The molecule has 1 amide bonds. The highest BCUT2D eigenvalue weighted by atomic mass is 16.4. The van der Waals surface area contributed by atoms with Gasteiger partial charge in [0, 0.05) is 20.3 Å². The van der Waals surface area contributed by atoms with E-state index in [-0.39, 0.29) is 11.8 Å². The summed E-state index contributed by atoms with van der Waals surface area (Å²) in [5.74, 6) is -1.85. The third-order valence-electron chi connectivity index (χ3n) is 4.10. The summed E-state index contributed by atoms with van der Waals surface area (Å²) in [6, 6.07) is 1.86. The minimum absolute atomic E-state index is 0.0710. The highest BCUT2D eigenvalue weighted by Crippen LogP contribution is 2.31. The van der Waals surface area contributed by atoms with E-state index in [0.717, 1.165) is 18.5 Å². The average molecular weight is 279 g/mol. The van der Waals surface area contributed by atoms with Gasteiger partial charge in [0.25, 0.3) is 0 Å². The van der Waals surface area contributed by atoms with Gasteiger partial charge in [0.2, 0.25) is 5.91 Å². The zero-order chi connectivity index (χ0) is 14.7. The molecule has 2 rings (SSSR count). The lowest BCUT2D eigenvalue weighted by Gasteiger charge is -2.31. The number of rotatable bonds is 4. The molecule has 6 nitrogen and oxygen atoms in total. The number of aliphatic carboxylic acids is 1. The van der Waals surface area contributed by atoms with E-state index in [0.29, 0.717) is 19.4 Å². The molecule has 0 aliphatic heterocycles. The Morgan fingerprint density at radius 3 is 2.60 bits per heavy atom. The van der Waals surface area contributed by atoms with E-state index in [2.05, 4.69) is 5.10 Å². The predicted octanol–water partition coefficient (Wildman–Crippen LogP) is 1.27. The van der Waals surface area contributed by atoms with Gasteiger partial charge in [-0.05, 0) is 18.9 Å². The second-order valence-electron chi connectivity index (χ2n) is 5.48. The highest BCUT2D eigenvalue weighted by Gasteiger charge is 2.37. The maximum atomic E-state index is 12.5. The molecule has 0 spiro atoms. The first-order valence-corrected chi connectivity index (χ1v) is 6.95.